The Kier molecular flexibility index (Phi) is 3.84. The Morgan fingerprint density at radius 2 is 2.31 bits per heavy atom. The van der Waals surface area contributed by atoms with Gasteiger partial charge in [-0.2, -0.15) is 5.26 Å². The van der Waals surface area contributed by atoms with Gasteiger partial charge in [-0.15, -0.1) is 0 Å². The Hall–Kier alpha value is -1.62. The minimum atomic E-state index is -2.83. The molecule has 84 valence electrons. The maximum absolute atomic E-state index is 12.5. The maximum atomic E-state index is 12.5. The molecule has 0 saturated carbocycles. The molecule has 0 saturated heterocycles. The highest BCUT2D eigenvalue weighted by Gasteiger charge is 2.24. The summed E-state index contributed by atoms with van der Waals surface area (Å²) in [5.74, 6) is -0.574. The van der Waals surface area contributed by atoms with Crippen molar-refractivity contribution in [1.29, 1.82) is 5.26 Å². The quantitative estimate of drug-likeness (QED) is 0.633. The van der Waals surface area contributed by atoms with E-state index in [0.717, 1.165) is 6.20 Å². The first-order chi connectivity index (χ1) is 7.49. The van der Waals surface area contributed by atoms with Crippen molar-refractivity contribution < 1.29 is 13.7 Å². The number of alkyl halides is 2. The van der Waals surface area contributed by atoms with Crippen molar-refractivity contribution in [3.05, 3.63) is 31.9 Å². The fourth-order valence-corrected chi connectivity index (χ4v) is 1.72. The van der Waals surface area contributed by atoms with Crippen LogP contribution in [-0.4, -0.2) is 9.91 Å². The third-order valence-corrected chi connectivity index (χ3v) is 2.63. The third kappa shape index (κ3) is 2.30. The number of halogens is 3. The average molecular weight is 292 g/mol. The van der Waals surface area contributed by atoms with E-state index in [1.165, 1.54) is 0 Å². The van der Waals surface area contributed by atoms with E-state index in [9.17, 15) is 18.9 Å². The molecule has 0 unspecified atom stereocenters. The Bertz CT molecular complexity index is 473. The maximum Gasteiger partial charge on any atom is 0.378 e. The molecule has 0 aromatic carbocycles. The van der Waals surface area contributed by atoms with Crippen molar-refractivity contribution >= 4 is 21.7 Å². The molecule has 0 amide bonds. The molecule has 0 aliphatic rings. The van der Waals surface area contributed by atoms with Gasteiger partial charge in [-0.05, 0) is 25.8 Å². The lowest BCUT2D eigenvalue weighted by atomic mass is 10.1. The average Bonchev–Trinajstić information content (AvgIpc) is 2.20. The molecule has 0 atom stereocenters. The molecule has 1 aromatic heterocycles. The smallest absolute Gasteiger partial charge is 0.358 e. The van der Waals surface area contributed by atoms with Crippen LogP contribution in [0, 0.1) is 21.4 Å². The minimum absolute atomic E-state index is 0.0980. The summed E-state index contributed by atoms with van der Waals surface area (Å²) in [5, 5.41) is 19.0. The Morgan fingerprint density at radius 3 is 2.75 bits per heavy atom. The van der Waals surface area contributed by atoms with Gasteiger partial charge in [0.2, 0.25) is 0 Å². The monoisotopic (exact) mass is 291 g/mol. The van der Waals surface area contributed by atoms with Crippen molar-refractivity contribution in [3.63, 3.8) is 0 Å². The molecule has 16 heavy (non-hydrogen) atoms. The molecule has 8 heteroatoms. The zero-order valence-electron chi connectivity index (χ0n) is 7.65. The molecule has 0 aliphatic carbocycles. The van der Waals surface area contributed by atoms with Gasteiger partial charge >= 0.3 is 5.82 Å². The molecule has 0 radical (unpaired) electrons. The lowest BCUT2D eigenvalue weighted by Crippen LogP contribution is -2.02. The lowest BCUT2D eigenvalue weighted by molar-refractivity contribution is -0.390. The zero-order valence-corrected chi connectivity index (χ0v) is 9.24. The summed E-state index contributed by atoms with van der Waals surface area (Å²) >= 11 is 2.81. The number of rotatable bonds is 3. The zero-order chi connectivity index (χ0) is 12.3. The fraction of sp³-hybridized carbons (Fsp3) is 0.250. The predicted molar refractivity (Wildman–Crippen MR) is 52.9 cm³/mol. The van der Waals surface area contributed by atoms with Gasteiger partial charge in [-0.3, -0.25) is 0 Å². The highest BCUT2D eigenvalue weighted by atomic mass is 79.9. The fourth-order valence-electron chi connectivity index (χ4n) is 1.10. The highest BCUT2D eigenvalue weighted by Crippen LogP contribution is 2.33. The molecule has 0 fully saturated rings. The van der Waals surface area contributed by atoms with Crippen molar-refractivity contribution in [2.45, 2.75) is 12.8 Å². The number of pyridine rings is 1. The lowest BCUT2D eigenvalue weighted by Gasteiger charge is -2.06. The largest absolute Gasteiger partial charge is 0.378 e. The van der Waals surface area contributed by atoms with Gasteiger partial charge in [0, 0.05) is 5.56 Å². The number of nitriles is 1. The second kappa shape index (κ2) is 4.94. The first kappa shape index (κ1) is 12.4. The SMILES string of the molecule is N#CCc1c(C(F)F)cnc([N+](=O)[O-])c1Br. The van der Waals surface area contributed by atoms with Gasteiger partial charge in [0.1, 0.15) is 10.7 Å². The van der Waals surface area contributed by atoms with E-state index in [2.05, 4.69) is 20.9 Å². The van der Waals surface area contributed by atoms with Crippen LogP contribution in [0.3, 0.4) is 0 Å². The summed E-state index contributed by atoms with van der Waals surface area (Å²) in [6, 6.07) is 1.67. The second-order valence-electron chi connectivity index (χ2n) is 2.72. The van der Waals surface area contributed by atoms with E-state index < -0.39 is 22.7 Å². The molecule has 1 aromatic rings. The Morgan fingerprint density at radius 1 is 1.69 bits per heavy atom. The van der Waals surface area contributed by atoms with E-state index >= 15 is 0 Å². The van der Waals surface area contributed by atoms with Crippen LogP contribution in [0.1, 0.15) is 17.6 Å². The molecule has 0 bridgehead atoms. The second-order valence-corrected chi connectivity index (χ2v) is 3.52. The highest BCUT2D eigenvalue weighted by molar-refractivity contribution is 9.10. The number of nitro groups is 1. The summed E-state index contributed by atoms with van der Waals surface area (Å²) in [6.07, 6.45) is -2.45. The standard InChI is InChI=1S/C8H4BrF2N3O2/c9-6-4(1-2-12)5(7(10)11)3-13-8(6)14(15)16/h3,7H,1H2. The molecule has 0 N–H and O–H groups in total. The van der Waals surface area contributed by atoms with Crippen LogP contribution >= 0.6 is 15.9 Å². The molecule has 0 aliphatic heterocycles. The van der Waals surface area contributed by atoms with Crippen molar-refractivity contribution in [2.75, 3.05) is 0 Å². The molecule has 5 nitrogen and oxygen atoms in total. The number of nitrogens with zero attached hydrogens (tertiary/aromatic N) is 3. The van der Waals surface area contributed by atoms with E-state index in [1.54, 1.807) is 6.07 Å². The summed E-state index contributed by atoms with van der Waals surface area (Å²) < 4.78 is 24.9. The van der Waals surface area contributed by atoms with Crippen LogP contribution in [0.2, 0.25) is 0 Å². The van der Waals surface area contributed by atoms with E-state index in [4.69, 9.17) is 5.26 Å². The van der Waals surface area contributed by atoms with Gasteiger partial charge in [-0.25, -0.2) is 8.78 Å². The first-order valence-electron chi connectivity index (χ1n) is 3.95. The summed E-state index contributed by atoms with van der Waals surface area (Å²) in [7, 11) is 0. The van der Waals surface area contributed by atoms with E-state index in [-0.39, 0.29) is 16.5 Å². The van der Waals surface area contributed by atoms with Crippen LogP contribution in [-0.2, 0) is 6.42 Å². The predicted octanol–water partition coefficient (Wildman–Crippen LogP) is 2.76. The van der Waals surface area contributed by atoms with Gasteiger partial charge in [0.05, 0.1) is 18.1 Å². The first-order valence-corrected chi connectivity index (χ1v) is 4.75. The Labute approximate surface area is 97.0 Å². The van der Waals surface area contributed by atoms with Crippen LogP contribution in [0.5, 0.6) is 0 Å². The van der Waals surface area contributed by atoms with Crippen molar-refractivity contribution in [2.24, 2.45) is 0 Å². The van der Waals surface area contributed by atoms with Crippen molar-refractivity contribution in [3.8, 4) is 6.07 Å². The molecule has 1 heterocycles. The summed E-state index contributed by atoms with van der Waals surface area (Å²) in [6.45, 7) is 0. The summed E-state index contributed by atoms with van der Waals surface area (Å²) in [5.41, 5.74) is -0.571. The minimum Gasteiger partial charge on any atom is -0.358 e. The Balaban J connectivity index is 3.42. The molecular weight excluding hydrogens is 288 g/mol. The van der Waals surface area contributed by atoms with Crippen LogP contribution in [0.15, 0.2) is 10.7 Å². The topological polar surface area (TPSA) is 79.8 Å². The van der Waals surface area contributed by atoms with Crippen LogP contribution < -0.4 is 0 Å². The number of hydrogen-bond acceptors (Lipinski definition) is 4. The normalized spacial score (nSPS) is 10.2. The number of aromatic nitrogens is 1. The summed E-state index contributed by atoms with van der Waals surface area (Å²) in [4.78, 5) is 13.0. The van der Waals surface area contributed by atoms with Crippen LogP contribution in [0.25, 0.3) is 0 Å². The van der Waals surface area contributed by atoms with Crippen molar-refractivity contribution in [1.82, 2.24) is 4.98 Å². The van der Waals surface area contributed by atoms with Gasteiger partial charge in [0.15, 0.2) is 0 Å². The molecule has 0 spiro atoms. The van der Waals surface area contributed by atoms with Gasteiger partial charge in [0.25, 0.3) is 6.43 Å². The van der Waals surface area contributed by atoms with E-state index in [0.29, 0.717) is 0 Å². The molecule has 1 rings (SSSR count). The number of hydrogen-bond donors (Lipinski definition) is 0. The molecular formula is C8H4BrF2N3O2. The van der Waals surface area contributed by atoms with Crippen LogP contribution in [0.4, 0.5) is 14.6 Å². The van der Waals surface area contributed by atoms with E-state index in [1.807, 2.05) is 0 Å². The van der Waals surface area contributed by atoms with Gasteiger partial charge < -0.3 is 10.1 Å². The third-order valence-electron chi connectivity index (χ3n) is 1.80. The van der Waals surface area contributed by atoms with Gasteiger partial charge in [-0.1, -0.05) is 0 Å².